The second kappa shape index (κ2) is 9.14. The van der Waals surface area contributed by atoms with Crippen LogP contribution in [0, 0.1) is 0 Å². The number of aromatic nitrogens is 2. The minimum Gasteiger partial charge on any atom is -0.264 e. The standard InChI is InChI=1S/C38H24N2/c1-2-6-25(7-3-1)31-17-20-36(40-24-31)35-22-34(27-13-11-26(12-14-27)30-10-5-21-39-23-30)32-18-15-28-8-4-9-29-16-19-33(35)38(32)37(28)29/h1-24H. The molecule has 2 heterocycles. The molecule has 0 radical (unpaired) electrons. The Labute approximate surface area is 232 Å². The third-order valence-corrected chi connectivity index (χ3v) is 7.98. The van der Waals surface area contributed by atoms with Gasteiger partial charge in [0.05, 0.1) is 5.69 Å². The Balaban J connectivity index is 1.36. The molecule has 8 aromatic rings. The van der Waals surface area contributed by atoms with Crippen LogP contribution in [0.15, 0.2) is 146 Å². The number of nitrogens with zero attached hydrogens (tertiary/aromatic N) is 2. The van der Waals surface area contributed by atoms with Gasteiger partial charge < -0.3 is 0 Å². The molecule has 186 valence electrons. The minimum atomic E-state index is 0.978. The molecule has 0 atom stereocenters. The number of pyridine rings is 2. The van der Waals surface area contributed by atoms with E-state index >= 15 is 0 Å². The molecule has 6 aromatic carbocycles. The molecule has 8 rings (SSSR count). The summed E-state index contributed by atoms with van der Waals surface area (Å²) in [7, 11) is 0. The van der Waals surface area contributed by atoms with Crippen LogP contribution in [0.1, 0.15) is 0 Å². The number of rotatable bonds is 4. The van der Waals surface area contributed by atoms with Crippen LogP contribution in [0.4, 0.5) is 0 Å². The molecule has 0 unspecified atom stereocenters. The van der Waals surface area contributed by atoms with E-state index in [9.17, 15) is 0 Å². The summed E-state index contributed by atoms with van der Waals surface area (Å²) >= 11 is 0. The van der Waals surface area contributed by atoms with Crippen molar-refractivity contribution in [2.75, 3.05) is 0 Å². The molecule has 0 saturated heterocycles. The average Bonchev–Trinajstić information content (AvgIpc) is 3.04. The third kappa shape index (κ3) is 3.65. The summed E-state index contributed by atoms with van der Waals surface area (Å²) in [5.41, 5.74) is 9.10. The maximum absolute atomic E-state index is 4.99. The Morgan fingerprint density at radius 3 is 1.75 bits per heavy atom. The molecular formula is C38H24N2. The van der Waals surface area contributed by atoms with E-state index in [0.717, 1.165) is 27.9 Å². The zero-order valence-electron chi connectivity index (χ0n) is 21.8. The number of hydrogen-bond donors (Lipinski definition) is 0. The second-order valence-corrected chi connectivity index (χ2v) is 10.3. The molecule has 40 heavy (non-hydrogen) atoms. The van der Waals surface area contributed by atoms with Crippen LogP contribution in [-0.4, -0.2) is 9.97 Å². The van der Waals surface area contributed by atoms with Gasteiger partial charge in [0.15, 0.2) is 0 Å². The first kappa shape index (κ1) is 22.6. The molecule has 0 N–H and O–H groups in total. The van der Waals surface area contributed by atoms with Crippen molar-refractivity contribution in [3.8, 4) is 44.6 Å². The normalized spacial score (nSPS) is 11.5. The van der Waals surface area contributed by atoms with Gasteiger partial charge in [-0.15, -0.1) is 0 Å². The summed E-state index contributed by atoms with van der Waals surface area (Å²) in [6.45, 7) is 0. The van der Waals surface area contributed by atoms with Crippen LogP contribution in [0.3, 0.4) is 0 Å². The highest BCUT2D eigenvalue weighted by Crippen LogP contribution is 2.44. The summed E-state index contributed by atoms with van der Waals surface area (Å²) in [6, 6.07) is 45.6. The van der Waals surface area contributed by atoms with Crippen molar-refractivity contribution >= 4 is 32.3 Å². The Kier molecular flexibility index (Phi) is 5.17. The number of hydrogen-bond acceptors (Lipinski definition) is 2. The average molecular weight is 509 g/mol. The molecular weight excluding hydrogens is 484 g/mol. The maximum Gasteiger partial charge on any atom is 0.0708 e. The Bertz CT molecular complexity index is 1970. The monoisotopic (exact) mass is 508 g/mol. The SMILES string of the molecule is c1ccc(-c2ccc(-c3cc(-c4ccc(-c5cccnc5)cc4)c4ccc5cccc6ccc3c4c56)nc2)cc1. The molecule has 0 aliphatic rings. The molecule has 2 heteroatoms. The van der Waals surface area contributed by atoms with E-state index in [1.54, 1.807) is 0 Å². The first-order chi connectivity index (χ1) is 19.8. The van der Waals surface area contributed by atoms with Gasteiger partial charge in [-0.2, -0.15) is 0 Å². The van der Waals surface area contributed by atoms with Crippen LogP contribution >= 0.6 is 0 Å². The van der Waals surface area contributed by atoms with Crippen LogP contribution in [-0.2, 0) is 0 Å². The third-order valence-electron chi connectivity index (χ3n) is 7.98. The maximum atomic E-state index is 4.99. The van der Waals surface area contributed by atoms with Crippen LogP contribution < -0.4 is 0 Å². The predicted molar refractivity (Wildman–Crippen MR) is 167 cm³/mol. The fraction of sp³-hybridized carbons (Fsp3) is 0. The summed E-state index contributed by atoms with van der Waals surface area (Å²) < 4.78 is 0. The van der Waals surface area contributed by atoms with E-state index in [1.165, 1.54) is 49.0 Å². The van der Waals surface area contributed by atoms with Crippen LogP contribution in [0.25, 0.3) is 77.0 Å². The van der Waals surface area contributed by atoms with Crippen molar-refractivity contribution < 1.29 is 0 Å². The van der Waals surface area contributed by atoms with Gasteiger partial charge in [-0.1, -0.05) is 109 Å². The van der Waals surface area contributed by atoms with Crippen molar-refractivity contribution in [1.29, 1.82) is 0 Å². The van der Waals surface area contributed by atoms with Gasteiger partial charge in [-0.3, -0.25) is 9.97 Å². The second-order valence-electron chi connectivity index (χ2n) is 10.3. The lowest BCUT2D eigenvalue weighted by molar-refractivity contribution is 1.33. The molecule has 0 aliphatic heterocycles. The molecule has 0 aliphatic carbocycles. The fourth-order valence-corrected chi connectivity index (χ4v) is 6.01. The van der Waals surface area contributed by atoms with E-state index in [-0.39, 0.29) is 0 Å². The largest absolute Gasteiger partial charge is 0.264 e. The highest BCUT2D eigenvalue weighted by molar-refractivity contribution is 6.28. The zero-order chi connectivity index (χ0) is 26.5. The molecule has 0 fully saturated rings. The first-order valence-corrected chi connectivity index (χ1v) is 13.6. The predicted octanol–water partition coefficient (Wildman–Crippen LogP) is 10.0. The Morgan fingerprint density at radius 2 is 1.05 bits per heavy atom. The van der Waals surface area contributed by atoms with E-state index in [1.807, 2.05) is 30.7 Å². The van der Waals surface area contributed by atoms with Crippen LogP contribution in [0.5, 0.6) is 0 Å². The summed E-state index contributed by atoms with van der Waals surface area (Å²) in [5.74, 6) is 0. The van der Waals surface area contributed by atoms with E-state index < -0.39 is 0 Å². The van der Waals surface area contributed by atoms with Crippen LogP contribution in [0.2, 0.25) is 0 Å². The van der Waals surface area contributed by atoms with E-state index in [4.69, 9.17) is 4.98 Å². The Morgan fingerprint density at radius 1 is 0.400 bits per heavy atom. The van der Waals surface area contributed by atoms with Crippen molar-refractivity contribution in [2.24, 2.45) is 0 Å². The van der Waals surface area contributed by atoms with Crippen molar-refractivity contribution in [2.45, 2.75) is 0 Å². The van der Waals surface area contributed by atoms with Gasteiger partial charge in [0.2, 0.25) is 0 Å². The van der Waals surface area contributed by atoms with Gasteiger partial charge in [0.1, 0.15) is 0 Å². The summed E-state index contributed by atoms with van der Waals surface area (Å²) in [4.78, 5) is 9.28. The summed E-state index contributed by atoms with van der Waals surface area (Å²) in [5, 5.41) is 7.63. The molecule has 2 nitrogen and oxygen atoms in total. The van der Waals surface area contributed by atoms with E-state index in [2.05, 4.69) is 120 Å². The Hall–Kier alpha value is -5.34. The first-order valence-electron chi connectivity index (χ1n) is 13.6. The van der Waals surface area contributed by atoms with Crippen molar-refractivity contribution in [3.63, 3.8) is 0 Å². The lowest BCUT2D eigenvalue weighted by atomic mass is 9.86. The molecule has 0 amide bonds. The van der Waals surface area contributed by atoms with Gasteiger partial charge in [0, 0.05) is 29.7 Å². The fourth-order valence-electron chi connectivity index (χ4n) is 6.01. The smallest absolute Gasteiger partial charge is 0.0708 e. The summed E-state index contributed by atoms with van der Waals surface area (Å²) in [6.07, 6.45) is 5.71. The highest BCUT2D eigenvalue weighted by Gasteiger charge is 2.17. The lowest BCUT2D eigenvalue weighted by Gasteiger charge is -2.18. The van der Waals surface area contributed by atoms with Gasteiger partial charge >= 0.3 is 0 Å². The minimum absolute atomic E-state index is 0.978. The highest BCUT2D eigenvalue weighted by atomic mass is 14.7. The van der Waals surface area contributed by atoms with E-state index in [0.29, 0.717) is 0 Å². The lowest BCUT2D eigenvalue weighted by Crippen LogP contribution is -1.93. The molecule has 0 saturated carbocycles. The van der Waals surface area contributed by atoms with Gasteiger partial charge in [-0.25, -0.2) is 0 Å². The van der Waals surface area contributed by atoms with Gasteiger partial charge in [-0.05, 0) is 78.3 Å². The molecule has 2 aromatic heterocycles. The topological polar surface area (TPSA) is 25.8 Å². The van der Waals surface area contributed by atoms with Crippen molar-refractivity contribution in [3.05, 3.63) is 146 Å². The number of benzene rings is 6. The quantitative estimate of drug-likeness (QED) is 0.221. The molecule has 0 spiro atoms. The molecule has 0 bridgehead atoms. The van der Waals surface area contributed by atoms with Gasteiger partial charge in [0.25, 0.3) is 0 Å². The van der Waals surface area contributed by atoms with Crippen molar-refractivity contribution in [1.82, 2.24) is 9.97 Å². The zero-order valence-corrected chi connectivity index (χ0v) is 21.8.